The van der Waals surface area contributed by atoms with E-state index in [4.69, 9.17) is 5.73 Å². The van der Waals surface area contributed by atoms with E-state index in [1.807, 2.05) is 0 Å². The van der Waals surface area contributed by atoms with Crippen molar-refractivity contribution in [3.05, 3.63) is 22.2 Å². The van der Waals surface area contributed by atoms with Crippen LogP contribution in [0.4, 0.5) is 17.3 Å². The van der Waals surface area contributed by atoms with Crippen LogP contribution in [0.15, 0.2) is 12.1 Å². The van der Waals surface area contributed by atoms with Crippen molar-refractivity contribution >= 4 is 17.3 Å². The Kier molecular flexibility index (Phi) is 3.38. The van der Waals surface area contributed by atoms with Crippen LogP contribution in [0.25, 0.3) is 0 Å². The Morgan fingerprint density at radius 1 is 1.65 bits per heavy atom. The van der Waals surface area contributed by atoms with Gasteiger partial charge in [0, 0.05) is 12.6 Å². The number of rotatable bonds is 4. The Labute approximate surface area is 98.6 Å². The summed E-state index contributed by atoms with van der Waals surface area (Å²) in [5, 5.41) is 17.0. The van der Waals surface area contributed by atoms with Crippen molar-refractivity contribution in [2.45, 2.75) is 6.42 Å². The number of nitrogen functional groups attached to an aromatic ring is 1. The van der Waals surface area contributed by atoms with Crippen LogP contribution in [0.2, 0.25) is 0 Å². The predicted octanol–water partition coefficient (Wildman–Crippen LogP) is 0.593. The van der Waals surface area contributed by atoms with E-state index in [9.17, 15) is 10.1 Å². The lowest BCUT2D eigenvalue weighted by Crippen LogP contribution is -2.17. The first-order chi connectivity index (χ1) is 8.16. The average molecular weight is 237 g/mol. The Balaban J connectivity index is 1.97. The monoisotopic (exact) mass is 237 g/mol. The summed E-state index contributed by atoms with van der Waals surface area (Å²) in [6.07, 6.45) is 1.13. The summed E-state index contributed by atoms with van der Waals surface area (Å²) in [4.78, 5) is 14.0. The Morgan fingerprint density at radius 2 is 2.47 bits per heavy atom. The number of nitrogens with two attached hydrogens (primary N) is 1. The molecule has 1 aliphatic rings. The van der Waals surface area contributed by atoms with Gasteiger partial charge >= 0.3 is 5.69 Å². The summed E-state index contributed by atoms with van der Waals surface area (Å²) in [7, 11) is 0. The maximum Gasteiger partial charge on any atom is 0.311 e. The van der Waals surface area contributed by atoms with E-state index < -0.39 is 4.92 Å². The molecule has 0 saturated carbocycles. The average Bonchev–Trinajstić information content (AvgIpc) is 2.78. The summed E-state index contributed by atoms with van der Waals surface area (Å²) < 4.78 is 0. The second-order valence-electron chi connectivity index (χ2n) is 4.10. The van der Waals surface area contributed by atoms with E-state index in [0.29, 0.717) is 11.7 Å². The second-order valence-corrected chi connectivity index (χ2v) is 4.10. The van der Waals surface area contributed by atoms with E-state index in [2.05, 4.69) is 15.6 Å². The van der Waals surface area contributed by atoms with Crippen molar-refractivity contribution in [3.8, 4) is 0 Å². The van der Waals surface area contributed by atoms with Crippen LogP contribution >= 0.6 is 0 Å². The molecule has 92 valence electrons. The molecular weight excluding hydrogens is 222 g/mol. The van der Waals surface area contributed by atoms with Gasteiger partial charge in [-0.05, 0) is 31.5 Å². The Morgan fingerprint density at radius 3 is 3.06 bits per heavy atom. The van der Waals surface area contributed by atoms with Crippen LogP contribution in [0, 0.1) is 16.0 Å². The largest absolute Gasteiger partial charge is 0.378 e. The highest BCUT2D eigenvalue weighted by Crippen LogP contribution is 2.21. The minimum absolute atomic E-state index is 0.0513. The summed E-state index contributed by atoms with van der Waals surface area (Å²) in [6, 6.07) is 2.95. The summed E-state index contributed by atoms with van der Waals surface area (Å²) in [5.74, 6) is 1.11. The minimum atomic E-state index is -0.535. The van der Waals surface area contributed by atoms with Crippen molar-refractivity contribution in [2.24, 2.45) is 5.92 Å². The number of anilines is 2. The molecule has 0 spiro atoms. The Hall–Kier alpha value is -1.89. The van der Waals surface area contributed by atoms with Gasteiger partial charge in [-0.25, -0.2) is 4.98 Å². The number of nitro groups is 1. The van der Waals surface area contributed by atoms with Crippen molar-refractivity contribution in [1.29, 1.82) is 0 Å². The molecule has 1 aliphatic heterocycles. The van der Waals surface area contributed by atoms with Gasteiger partial charge < -0.3 is 16.4 Å². The van der Waals surface area contributed by atoms with Gasteiger partial charge in [0.1, 0.15) is 5.82 Å². The van der Waals surface area contributed by atoms with Gasteiger partial charge in [-0.3, -0.25) is 10.1 Å². The smallest absolute Gasteiger partial charge is 0.311 e. The molecule has 1 saturated heterocycles. The third kappa shape index (κ3) is 2.82. The van der Waals surface area contributed by atoms with Crippen LogP contribution in [-0.4, -0.2) is 29.5 Å². The normalized spacial score (nSPS) is 19.2. The molecule has 0 amide bonds. The van der Waals surface area contributed by atoms with Crippen molar-refractivity contribution < 1.29 is 4.92 Å². The zero-order chi connectivity index (χ0) is 12.3. The molecule has 1 aromatic heterocycles. The highest BCUT2D eigenvalue weighted by atomic mass is 16.6. The van der Waals surface area contributed by atoms with E-state index in [1.54, 1.807) is 6.07 Å². The molecule has 1 unspecified atom stereocenters. The molecule has 1 fully saturated rings. The standard InChI is InChI=1S/C10H15N5O2/c11-10-8(15(16)17)1-2-9(14-10)13-6-7-3-4-12-5-7/h1-2,7,12H,3-6H2,(H3,11,13,14). The topological polar surface area (TPSA) is 106 Å². The number of aromatic nitrogens is 1. The van der Waals surface area contributed by atoms with E-state index in [0.717, 1.165) is 26.1 Å². The van der Waals surface area contributed by atoms with Crippen LogP contribution < -0.4 is 16.4 Å². The maximum absolute atomic E-state index is 10.6. The van der Waals surface area contributed by atoms with Crippen molar-refractivity contribution in [2.75, 3.05) is 30.7 Å². The lowest BCUT2D eigenvalue weighted by atomic mass is 10.1. The first-order valence-corrected chi connectivity index (χ1v) is 5.52. The molecule has 0 bridgehead atoms. The van der Waals surface area contributed by atoms with E-state index in [1.165, 1.54) is 6.07 Å². The zero-order valence-electron chi connectivity index (χ0n) is 9.35. The number of hydrogen-bond acceptors (Lipinski definition) is 6. The van der Waals surface area contributed by atoms with E-state index in [-0.39, 0.29) is 11.5 Å². The number of nitrogens with one attached hydrogen (secondary N) is 2. The van der Waals surface area contributed by atoms with Crippen molar-refractivity contribution in [1.82, 2.24) is 10.3 Å². The highest BCUT2D eigenvalue weighted by Gasteiger charge is 2.16. The van der Waals surface area contributed by atoms with Gasteiger partial charge in [-0.1, -0.05) is 0 Å². The van der Waals surface area contributed by atoms with Crippen LogP contribution in [0.5, 0.6) is 0 Å². The second kappa shape index (κ2) is 4.96. The fourth-order valence-corrected chi connectivity index (χ4v) is 1.86. The van der Waals surface area contributed by atoms with Gasteiger partial charge in [-0.15, -0.1) is 0 Å². The van der Waals surface area contributed by atoms with E-state index >= 15 is 0 Å². The summed E-state index contributed by atoms with van der Waals surface area (Å²) >= 11 is 0. The first kappa shape index (κ1) is 11.6. The number of pyridine rings is 1. The Bertz CT molecular complexity index is 417. The molecule has 1 aromatic rings. The summed E-state index contributed by atoms with van der Waals surface area (Å²) in [5.41, 5.74) is 5.35. The molecule has 0 aromatic carbocycles. The predicted molar refractivity (Wildman–Crippen MR) is 64.8 cm³/mol. The molecule has 17 heavy (non-hydrogen) atoms. The van der Waals surface area contributed by atoms with Gasteiger partial charge in [0.25, 0.3) is 0 Å². The van der Waals surface area contributed by atoms with Gasteiger partial charge in [-0.2, -0.15) is 0 Å². The van der Waals surface area contributed by atoms with Crippen LogP contribution in [0.3, 0.4) is 0 Å². The van der Waals surface area contributed by atoms with Gasteiger partial charge in [0.2, 0.25) is 5.82 Å². The fraction of sp³-hybridized carbons (Fsp3) is 0.500. The quantitative estimate of drug-likeness (QED) is 0.523. The zero-order valence-corrected chi connectivity index (χ0v) is 9.35. The summed E-state index contributed by atoms with van der Waals surface area (Å²) in [6.45, 7) is 2.84. The molecule has 2 rings (SSSR count). The number of hydrogen-bond donors (Lipinski definition) is 3. The molecule has 7 heteroatoms. The number of nitrogens with zero attached hydrogens (tertiary/aromatic N) is 2. The van der Waals surface area contributed by atoms with Crippen LogP contribution in [0.1, 0.15) is 6.42 Å². The molecule has 0 aliphatic carbocycles. The molecular formula is C10H15N5O2. The molecule has 7 nitrogen and oxygen atoms in total. The molecule has 0 radical (unpaired) electrons. The van der Waals surface area contributed by atoms with Gasteiger partial charge in [0.15, 0.2) is 0 Å². The highest BCUT2D eigenvalue weighted by molar-refractivity contribution is 5.57. The molecule has 4 N–H and O–H groups in total. The fourth-order valence-electron chi connectivity index (χ4n) is 1.86. The molecule has 1 atom stereocenters. The lowest BCUT2D eigenvalue weighted by molar-refractivity contribution is -0.384. The van der Waals surface area contributed by atoms with Crippen LogP contribution in [-0.2, 0) is 0 Å². The molecule has 2 heterocycles. The lowest BCUT2D eigenvalue weighted by Gasteiger charge is -2.10. The maximum atomic E-state index is 10.6. The third-order valence-corrected chi connectivity index (χ3v) is 2.83. The minimum Gasteiger partial charge on any atom is -0.378 e. The van der Waals surface area contributed by atoms with Crippen molar-refractivity contribution in [3.63, 3.8) is 0 Å². The first-order valence-electron chi connectivity index (χ1n) is 5.52. The third-order valence-electron chi connectivity index (χ3n) is 2.83. The van der Waals surface area contributed by atoms with Gasteiger partial charge in [0.05, 0.1) is 4.92 Å². The SMILES string of the molecule is Nc1nc(NCC2CCNC2)ccc1[N+](=O)[O-].